The molecule has 1 heterocycles. The highest BCUT2D eigenvalue weighted by Crippen LogP contribution is 2.31. The summed E-state index contributed by atoms with van der Waals surface area (Å²) in [7, 11) is 1.50. The minimum Gasteiger partial charge on any atom is -0.495 e. The third kappa shape index (κ3) is 4.36. The number of carbonyl (C=O) groups excluding carboxylic acids is 1. The van der Waals surface area contributed by atoms with Crippen molar-refractivity contribution >= 4 is 17.3 Å². The van der Waals surface area contributed by atoms with Crippen LogP contribution >= 0.6 is 0 Å². The third-order valence-corrected chi connectivity index (χ3v) is 4.09. The van der Waals surface area contributed by atoms with Gasteiger partial charge in [0.1, 0.15) is 23.9 Å². The van der Waals surface area contributed by atoms with Crippen LogP contribution < -0.4 is 10.1 Å². The number of non-ortho nitro benzene ring substituents is 1. The summed E-state index contributed by atoms with van der Waals surface area (Å²) in [5.74, 6) is 1.18. The topological polar surface area (TPSA) is 115 Å². The molecule has 0 bridgehead atoms. The van der Waals surface area contributed by atoms with Crippen LogP contribution in [0.5, 0.6) is 5.75 Å². The number of hydrogen-bond donors (Lipinski definition) is 2. The van der Waals surface area contributed by atoms with E-state index in [1.165, 1.54) is 19.2 Å². The number of nitro benzene ring substituents is 1. The Morgan fingerprint density at radius 1 is 1.18 bits per heavy atom. The molecule has 0 radical (unpaired) electrons. The molecule has 1 amide bonds. The molecular weight excluding hydrogens is 364 g/mol. The molecule has 0 fully saturated rings. The molecule has 144 valence electrons. The normalized spacial score (nSPS) is 10.5. The van der Waals surface area contributed by atoms with Crippen molar-refractivity contribution in [2.45, 2.75) is 13.0 Å². The third-order valence-electron chi connectivity index (χ3n) is 4.09. The quantitative estimate of drug-likeness (QED) is 0.477. The molecule has 0 saturated heterocycles. The van der Waals surface area contributed by atoms with E-state index in [0.29, 0.717) is 34.1 Å². The van der Waals surface area contributed by atoms with Crippen molar-refractivity contribution in [3.63, 3.8) is 0 Å². The monoisotopic (exact) mass is 382 g/mol. The van der Waals surface area contributed by atoms with Crippen molar-refractivity contribution < 1.29 is 24.0 Å². The molecule has 8 heteroatoms. The van der Waals surface area contributed by atoms with E-state index >= 15 is 0 Å². The molecule has 0 saturated carbocycles. The number of nitrogens with one attached hydrogen (secondary N) is 1. The Morgan fingerprint density at radius 2 is 1.93 bits per heavy atom. The number of anilines is 1. The molecule has 28 heavy (non-hydrogen) atoms. The van der Waals surface area contributed by atoms with Gasteiger partial charge in [0.2, 0.25) is 5.91 Å². The Hall–Kier alpha value is -3.65. The number of aliphatic hydroxyl groups excluding tert-OH is 1. The van der Waals surface area contributed by atoms with Gasteiger partial charge in [-0.15, -0.1) is 0 Å². The number of aliphatic hydroxyl groups is 1. The second-order valence-electron chi connectivity index (χ2n) is 5.99. The van der Waals surface area contributed by atoms with E-state index in [1.807, 2.05) is 0 Å². The second kappa shape index (κ2) is 8.36. The fourth-order valence-electron chi connectivity index (χ4n) is 2.69. The van der Waals surface area contributed by atoms with Crippen molar-refractivity contribution in [3.05, 3.63) is 76.0 Å². The van der Waals surface area contributed by atoms with E-state index in [1.54, 1.807) is 42.5 Å². The summed E-state index contributed by atoms with van der Waals surface area (Å²) in [6, 6.07) is 14.4. The minimum absolute atomic E-state index is 0.0285. The number of carbonyl (C=O) groups is 1. The fourth-order valence-corrected chi connectivity index (χ4v) is 2.69. The predicted octanol–water partition coefficient (Wildman–Crippen LogP) is 3.54. The molecule has 0 aliphatic heterocycles. The maximum atomic E-state index is 12.4. The smallest absolute Gasteiger partial charge is 0.269 e. The molecular formula is C20H18N2O6. The van der Waals surface area contributed by atoms with Crippen molar-refractivity contribution in [2.75, 3.05) is 12.4 Å². The first-order chi connectivity index (χ1) is 13.5. The number of methoxy groups -OCH3 is 1. The molecule has 3 rings (SSSR count). The highest BCUT2D eigenvalue weighted by Gasteiger charge is 2.13. The SMILES string of the molecule is COc1ccc(-c2ccc(CO)o2)cc1NC(=O)Cc1ccc([N+](=O)[O-])cc1. The van der Waals surface area contributed by atoms with E-state index in [9.17, 15) is 14.9 Å². The summed E-state index contributed by atoms with van der Waals surface area (Å²) >= 11 is 0. The van der Waals surface area contributed by atoms with Crippen molar-refractivity contribution in [1.29, 1.82) is 0 Å². The summed E-state index contributed by atoms with van der Waals surface area (Å²) in [4.78, 5) is 22.6. The van der Waals surface area contributed by atoms with Crippen LogP contribution in [0.1, 0.15) is 11.3 Å². The van der Waals surface area contributed by atoms with Crippen LogP contribution in [0.25, 0.3) is 11.3 Å². The van der Waals surface area contributed by atoms with Crippen LogP contribution in [-0.4, -0.2) is 23.0 Å². The Bertz CT molecular complexity index is 994. The molecule has 0 spiro atoms. The van der Waals surface area contributed by atoms with Gasteiger partial charge >= 0.3 is 0 Å². The van der Waals surface area contributed by atoms with E-state index in [-0.39, 0.29) is 24.6 Å². The molecule has 0 aliphatic carbocycles. The first-order valence-corrected chi connectivity index (χ1v) is 8.41. The van der Waals surface area contributed by atoms with Gasteiger partial charge in [-0.3, -0.25) is 14.9 Å². The largest absolute Gasteiger partial charge is 0.495 e. The molecule has 0 aliphatic rings. The second-order valence-corrected chi connectivity index (χ2v) is 5.99. The highest BCUT2D eigenvalue weighted by atomic mass is 16.6. The zero-order chi connectivity index (χ0) is 20.1. The number of nitro groups is 1. The molecule has 1 aromatic heterocycles. The maximum Gasteiger partial charge on any atom is 0.269 e. The van der Waals surface area contributed by atoms with Crippen LogP contribution in [0.4, 0.5) is 11.4 Å². The molecule has 2 aromatic carbocycles. The number of benzene rings is 2. The van der Waals surface area contributed by atoms with Crippen LogP contribution in [-0.2, 0) is 17.8 Å². The lowest BCUT2D eigenvalue weighted by molar-refractivity contribution is -0.384. The number of amides is 1. The van der Waals surface area contributed by atoms with Crippen LogP contribution in [0, 0.1) is 10.1 Å². The van der Waals surface area contributed by atoms with E-state index in [4.69, 9.17) is 14.3 Å². The molecule has 3 aromatic rings. The van der Waals surface area contributed by atoms with Crippen molar-refractivity contribution in [2.24, 2.45) is 0 Å². The van der Waals surface area contributed by atoms with Gasteiger partial charge in [0.25, 0.3) is 5.69 Å². The first-order valence-electron chi connectivity index (χ1n) is 8.41. The summed E-state index contributed by atoms with van der Waals surface area (Å²) in [6.07, 6.45) is 0.0563. The van der Waals surface area contributed by atoms with Gasteiger partial charge in [-0.2, -0.15) is 0 Å². The van der Waals surface area contributed by atoms with Crippen molar-refractivity contribution in [1.82, 2.24) is 0 Å². The molecule has 0 atom stereocenters. The van der Waals surface area contributed by atoms with Gasteiger partial charge < -0.3 is 19.6 Å². The van der Waals surface area contributed by atoms with Gasteiger partial charge in [-0.05, 0) is 35.9 Å². The first kappa shape index (κ1) is 19.1. The highest BCUT2D eigenvalue weighted by molar-refractivity contribution is 5.94. The zero-order valence-electron chi connectivity index (χ0n) is 15.0. The average molecular weight is 382 g/mol. The summed E-state index contributed by atoms with van der Waals surface area (Å²) < 4.78 is 10.8. The van der Waals surface area contributed by atoms with Gasteiger partial charge in [0.05, 0.1) is 24.1 Å². The Balaban J connectivity index is 1.77. The van der Waals surface area contributed by atoms with Crippen LogP contribution in [0.15, 0.2) is 59.0 Å². The summed E-state index contributed by atoms with van der Waals surface area (Å²) in [6.45, 7) is -0.199. The van der Waals surface area contributed by atoms with Crippen LogP contribution in [0.2, 0.25) is 0 Å². The predicted molar refractivity (Wildman–Crippen MR) is 102 cm³/mol. The Morgan fingerprint density at radius 3 is 2.54 bits per heavy atom. The fraction of sp³-hybridized carbons (Fsp3) is 0.150. The molecule has 8 nitrogen and oxygen atoms in total. The maximum absolute atomic E-state index is 12.4. The molecule has 2 N–H and O–H groups in total. The van der Waals surface area contributed by atoms with Gasteiger partial charge in [-0.25, -0.2) is 0 Å². The van der Waals surface area contributed by atoms with Crippen molar-refractivity contribution in [3.8, 4) is 17.1 Å². The lowest BCUT2D eigenvalue weighted by Crippen LogP contribution is -2.15. The van der Waals surface area contributed by atoms with E-state index in [0.717, 1.165) is 0 Å². The standard InChI is InChI=1S/C20H18N2O6/c1-27-19-8-4-14(18-9-7-16(12-23)28-18)11-17(19)21-20(24)10-13-2-5-15(6-3-13)22(25)26/h2-9,11,23H,10,12H2,1H3,(H,21,24). The minimum atomic E-state index is -0.489. The zero-order valence-corrected chi connectivity index (χ0v) is 15.0. The van der Waals surface area contributed by atoms with Gasteiger partial charge in [-0.1, -0.05) is 12.1 Å². The number of furan rings is 1. The van der Waals surface area contributed by atoms with Gasteiger partial charge in [0.15, 0.2) is 0 Å². The summed E-state index contributed by atoms with van der Waals surface area (Å²) in [5, 5.41) is 22.6. The van der Waals surface area contributed by atoms with E-state index < -0.39 is 4.92 Å². The van der Waals surface area contributed by atoms with Crippen LogP contribution in [0.3, 0.4) is 0 Å². The van der Waals surface area contributed by atoms with Gasteiger partial charge in [0, 0.05) is 17.7 Å². The Kier molecular flexibility index (Phi) is 5.71. The lowest BCUT2D eigenvalue weighted by Gasteiger charge is -2.11. The lowest BCUT2D eigenvalue weighted by atomic mass is 10.1. The number of hydrogen-bond acceptors (Lipinski definition) is 6. The number of ether oxygens (including phenoxy) is 1. The van der Waals surface area contributed by atoms with E-state index in [2.05, 4.69) is 5.32 Å². The average Bonchev–Trinajstić information content (AvgIpc) is 3.17. The number of nitrogens with zero attached hydrogens (tertiary/aromatic N) is 1. The number of rotatable bonds is 7. The molecule has 0 unspecified atom stereocenters. The summed E-state index contributed by atoms with van der Waals surface area (Å²) in [5.41, 5.74) is 1.80. The Labute approximate surface area is 160 Å².